The van der Waals surface area contributed by atoms with Crippen molar-refractivity contribution >= 4 is 77.5 Å². The number of unbranched alkanes of at least 4 members (excludes halogenated alkanes) is 27. The van der Waals surface area contributed by atoms with Crippen LogP contribution in [0.3, 0.4) is 0 Å². The number of ether oxygens (including phenoxy) is 18. The predicted octanol–water partition coefficient (Wildman–Crippen LogP) is 11.0. The molecule has 0 spiro atoms. The fourth-order valence-corrected chi connectivity index (χ4v) is 14.2. The summed E-state index contributed by atoms with van der Waals surface area (Å²) in [6.45, 7) is 15.6. The van der Waals surface area contributed by atoms with Crippen molar-refractivity contribution in [2.45, 2.75) is 419 Å². The van der Waals surface area contributed by atoms with Gasteiger partial charge in [-0.25, -0.2) is 0 Å². The molecule has 0 aliphatic carbocycles. The van der Waals surface area contributed by atoms with Gasteiger partial charge >= 0.3 is 71.6 Å². The van der Waals surface area contributed by atoms with Crippen LogP contribution in [0.4, 0.5) is 0 Å². The zero-order valence-corrected chi connectivity index (χ0v) is 69.7. The topological polar surface area (TPSA) is 400 Å². The van der Waals surface area contributed by atoms with Crippen molar-refractivity contribution in [2.24, 2.45) is 0 Å². The van der Waals surface area contributed by atoms with Gasteiger partial charge in [0.05, 0.1) is 18.8 Å². The van der Waals surface area contributed by atoms with Gasteiger partial charge in [-0.05, 0) is 32.6 Å². The van der Waals surface area contributed by atoms with Crippen LogP contribution in [0.2, 0.25) is 0 Å². The van der Waals surface area contributed by atoms with Crippen LogP contribution in [0.25, 0.3) is 0 Å². The van der Waals surface area contributed by atoms with Crippen LogP contribution in [0, 0.1) is 0 Å². The van der Waals surface area contributed by atoms with Crippen molar-refractivity contribution in [3.8, 4) is 0 Å². The molecule has 0 aromatic rings. The minimum atomic E-state index is -2.13. The number of carbonyl (C=O) groups excluding carboxylic acids is 13. The van der Waals surface area contributed by atoms with E-state index in [-0.39, 0.29) is 12.8 Å². The second kappa shape index (κ2) is 56.2. The van der Waals surface area contributed by atoms with Crippen LogP contribution in [0.15, 0.2) is 0 Å². The van der Waals surface area contributed by atoms with Gasteiger partial charge in [0.1, 0.15) is 43.7 Å². The molecule has 0 aromatic heterocycles. The number of esters is 12. The Hall–Kier alpha value is -7.13. The number of amides is 1. The van der Waals surface area contributed by atoms with Crippen molar-refractivity contribution in [3.63, 3.8) is 0 Å². The highest BCUT2D eigenvalue weighted by atomic mass is 16.8. The lowest BCUT2D eigenvalue weighted by molar-refractivity contribution is -0.386. The van der Waals surface area contributed by atoms with Crippen molar-refractivity contribution in [2.75, 3.05) is 19.8 Å². The fourth-order valence-electron chi connectivity index (χ4n) is 14.2. The average Bonchev–Trinajstić information content (AvgIpc) is 0.759. The van der Waals surface area contributed by atoms with E-state index in [0.29, 0.717) is 25.7 Å². The average molecular weight is 1620 g/mol. The van der Waals surface area contributed by atoms with Crippen LogP contribution in [0.1, 0.15) is 303 Å². The van der Waals surface area contributed by atoms with Crippen LogP contribution in [-0.4, -0.2) is 214 Å². The van der Waals surface area contributed by atoms with E-state index >= 15 is 4.79 Å². The van der Waals surface area contributed by atoms with Crippen LogP contribution in [-0.2, 0) is 148 Å². The third kappa shape index (κ3) is 40.8. The first-order valence-electron chi connectivity index (χ1n) is 40.9. The predicted molar refractivity (Wildman–Crippen MR) is 403 cm³/mol. The Morgan fingerprint density at radius 3 is 1.02 bits per heavy atom. The van der Waals surface area contributed by atoms with E-state index in [1.165, 1.54) is 90.4 Å². The third-order valence-electron chi connectivity index (χ3n) is 19.2. The van der Waals surface area contributed by atoms with Crippen LogP contribution in [0.5, 0.6) is 0 Å². The largest absolute Gasteiger partial charge is 0.463 e. The molecule has 3 heterocycles. The molecule has 3 saturated heterocycles. The van der Waals surface area contributed by atoms with Gasteiger partial charge in [0.15, 0.2) is 73.8 Å². The van der Waals surface area contributed by atoms with Gasteiger partial charge in [0, 0.05) is 83.1 Å². The Labute approximate surface area is 667 Å². The van der Waals surface area contributed by atoms with Gasteiger partial charge in [-0.2, -0.15) is 0 Å². The van der Waals surface area contributed by atoms with E-state index in [9.17, 15) is 57.5 Å². The third-order valence-corrected chi connectivity index (χ3v) is 19.2. The first-order chi connectivity index (χ1) is 53.8. The minimum absolute atomic E-state index is 0.0380. The summed E-state index contributed by atoms with van der Waals surface area (Å²) in [5.41, 5.74) is 0. The number of rotatable bonds is 56. The molecule has 1 N–H and O–H groups in total. The minimum Gasteiger partial charge on any atom is -0.463 e. The molecule has 32 nitrogen and oxygen atoms in total. The fraction of sp³-hybridized carbons (Fsp3) is 0.840. The zero-order chi connectivity index (χ0) is 84.0. The molecule has 3 aliphatic rings. The summed E-state index contributed by atoms with van der Waals surface area (Å²) in [5.74, 6) is -12.3. The van der Waals surface area contributed by atoms with Gasteiger partial charge in [-0.1, -0.05) is 187 Å². The summed E-state index contributed by atoms with van der Waals surface area (Å²) in [4.78, 5) is 173. The van der Waals surface area contributed by atoms with Crippen LogP contribution >= 0.6 is 0 Å². The van der Waals surface area contributed by atoms with E-state index in [0.717, 1.165) is 160 Å². The highest BCUT2D eigenvalue weighted by Gasteiger charge is 2.60. The van der Waals surface area contributed by atoms with E-state index in [2.05, 4.69) is 19.2 Å². The lowest BCUT2D eigenvalue weighted by Crippen LogP contribution is -2.69. The second-order valence-corrected chi connectivity index (χ2v) is 29.5. The Bertz CT molecular complexity index is 2890. The monoisotopic (exact) mass is 1620 g/mol. The molecule has 3 rings (SSSR count). The Morgan fingerprint density at radius 1 is 0.310 bits per heavy atom. The lowest BCUT2D eigenvalue weighted by Gasteiger charge is -2.50. The summed E-state index contributed by atoms with van der Waals surface area (Å²) in [7, 11) is 0. The Kier molecular flexibility index (Phi) is 49.8. The quantitative estimate of drug-likeness (QED) is 0.0336. The van der Waals surface area contributed by atoms with Gasteiger partial charge in [0.2, 0.25) is 0 Å². The van der Waals surface area contributed by atoms with E-state index in [4.69, 9.17) is 85.3 Å². The summed E-state index contributed by atoms with van der Waals surface area (Å²) in [6, 6.07) is -1.63. The maximum atomic E-state index is 15.1. The molecule has 113 heavy (non-hydrogen) atoms. The Balaban J connectivity index is 2.34. The molecule has 19 atom stereocenters. The summed E-state index contributed by atoms with van der Waals surface area (Å²) >= 11 is 0. The summed E-state index contributed by atoms with van der Waals surface area (Å²) in [6.07, 6.45) is -1.69. The number of hydrogen-bond donors (Lipinski definition) is 1. The van der Waals surface area contributed by atoms with Gasteiger partial charge in [-0.3, -0.25) is 62.3 Å². The van der Waals surface area contributed by atoms with E-state index in [1.54, 1.807) is 0 Å². The lowest BCUT2D eigenvalue weighted by atomic mass is 9.95. The first-order valence-corrected chi connectivity index (χ1v) is 40.9. The van der Waals surface area contributed by atoms with E-state index < -0.39 is 214 Å². The van der Waals surface area contributed by atoms with Gasteiger partial charge < -0.3 is 90.6 Å². The maximum absolute atomic E-state index is 15.1. The SMILES string of the molecule is CCCCCCCCCCCCCCCCCCCC[C@@H](OC(C)=O)C(=O)N[C@@H](CO[C@@H]1O[C@H](COC(C)=O)[C@@H](O[C@@H]2O[C@H](COC(C)=O)[C@H](OC(C)=O)[C@H](OC(C)=O)[C@H]2OC(C)=O)[C@H](O[C@@H]2O[C@@H](C)[C@@H](OC(C)=O)[C@@H](OC(C)=O)[C@@H]2OC(C)=O)[C@H]1OC(C)=O)[C@H](OC(C)=O)[C@@H](CCCCCCCCCCCCC)OC(C)=O. The standard InChI is InChI=1S/C81H133NO31/c1-16-18-20-22-24-26-28-29-30-31-32-33-34-36-38-40-42-44-46-65(101-54(7)86)78(95)82-63(69(103-56(9)88)64(100-53(6)85)45-43-41-39-37-35-27-25-23-21-19-17-2)47-98-79-75(107-60(13)92)74(113-80-76(108-61(14)93)72(105-58(11)90)68(50(3)99-80)102-55(8)87)71(67(110-79)49-97-52(5)84)112-81-77(109-62(15)94)73(106-59(12)91)70(104-57(10)89)66(111-81)48-96-51(4)83/h50,63-77,79-81H,16-49H2,1-15H3,(H,82,95)/t50-,63-,64+,65+,66+,67+,68+,69-,70-,71+,72+,73-,74-,75+,76-,77+,79+,80-,81-/m0/s1. The molecular weight excluding hydrogens is 1480 g/mol. The smallest absolute Gasteiger partial charge is 0.303 e. The molecule has 0 unspecified atom stereocenters. The molecule has 3 fully saturated rings. The van der Waals surface area contributed by atoms with Crippen LogP contribution < -0.4 is 5.32 Å². The highest BCUT2D eigenvalue weighted by Crippen LogP contribution is 2.39. The molecule has 1 amide bonds. The second-order valence-electron chi connectivity index (χ2n) is 29.5. The maximum Gasteiger partial charge on any atom is 0.303 e. The normalized spacial score (nSPS) is 24.4. The van der Waals surface area contributed by atoms with Crippen molar-refractivity contribution in [1.29, 1.82) is 0 Å². The van der Waals surface area contributed by atoms with Gasteiger partial charge in [-0.15, -0.1) is 0 Å². The number of nitrogens with one attached hydrogen (secondary N) is 1. The summed E-state index contributed by atoms with van der Waals surface area (Å²) < 4.78 is 109. The van der Waals surface area contributed by atoms with E-state index in [1.807, 2.05) is 0 Å². The highest BCUT2D eigenvalue weighted by molar-refractivity contribution is 5.83. The Morgan fingerprint density at radius 2 is 0.628 bits per heavy atom. The molecule has 0 saturated carbocycles. The molecular formula is C81H133NO31. The molecule has 3 aliphatic heterocycles. The molecule has 648 valence electrons. The molecule has 0 aromatic carbocycles. The van der Waals surface area contributed by atoms with Gasteiger partial charge in [0.25, 0.3) is 5.91 Å². The zero-order valence-electron chi connectivity index (χ0n) is 69.7. The van der Waals surface area contributed by atoms with Crippen molar-refractivity contribution < 1.29 is 148 Å². The molecule has 0 bridgehead atoms. The van der Waals surface area contributed by atoms with Crippen molar-refractivity contribution in [3.05, 3.63) is 0 Å². The molecule has 32 heteroatoms. The summed E-state index contributed by atoms with van der Waals surface area (Å²) in [5, 5.41) is 2.86. The first kappa shape index (κ1) is 100. The number of hydrogen-bond acceptors (Lipinski definition) is 31. The number of carbonyl (C=O) groups is 13. The molecule has 0 radical (unpaired) electrons. The van der Waals surface area contributed by atoms with Crippen molar-refractivity contribution in [1.82, 2.24) is 5.32 Å².